The van der Waals surface area contributed by atoms with E-state index < -0.39 is 5.91 Å². The Morgan fingerprint density at radius 2 is 2.16 bits per heavy atom. The summed E-state index contributed by atoms with van der Waals surface area (Å²) < 4.78 is 0. The van der Waals surface area contributed by atoms with Gasteiger partial charge in [0.05, 0.1) is 0 Å². The number of anilines is 1. The van der Waals surface area contributed by atoms with E-state index in [0.29, 0.717) is 16.9 Å². The Labute approximate surface area is 110 Å². The highest BCUT2D eigenvalue weighted by atomic mass is 16.2. The van der Waals surface area contributed by atoms with Gasteiger partial charge in [-0.15, -0.1) is 6.42 Å². The average Bonchev–Trinajstić information content (AvgIpc) is 2.38. The summed E-state index contributed by atoms with van der Waals surface area (Å²) in [6.07, 6.45) is 6.68. The van der Waals surface area contributed by atoms with E-state index in [1.807, 2.05) is 0 Å². The number of rotatable bonds is 2. The molecule has 0 unspecified atom stereocenters. The van der Waals surface area contributed by atoms with Gasteiger partial charge in [-0.1, -0.05) is 12.0 Å². The lowest BCUT2D eigenvalue weighted by Crippen LogP contribution is -2.21. The number of benzene rings is 1. The van der Waals surface area contributed by atoms with Crippen molar-refractivity contribution in [3.8, 4) is 12.3 Å². The number of nitrogens with one attached hydrogen (secondary N) is 2. The van der Waals surface area contributed by atoms with Crippen LogP contribution in [0.5, 0.6) is 0 Å². The van der Waals surface area contributed by atoms with Gasteiger partial charge in [-0.3, -0.25) is 9.59 Å². The Bertz CT molecular complexity index is 723. The molecule has 2 N–H and O–H groups in total. The quantitative estimate of drug-likeness (QED) is 0.802. The second kappa shape index (κ2) is 5.23. The number of aryl methyl sites for hydroxylation is 1. The molecule has 1 aromatic carbocycles. The first-order valence-corrected chi connectivity index (χ1v) is 5.67. The fraction of sp³-hybridized carbons (Fsp3) is 0.0667. The van der Waals surface area contributed by atoms with Gasteiger partial charge in [0.25, 0.3) is 5.91 Å². The van der Waals surface area contributed by atoms with Gasteiger partial charge in [0.1, 0.15) is 5.56 Å². The highest BCUT2D eigenvalue weighted by Crippen LogP contribution is 2.10. The number of H-pyrrole nitrogens is 1. The van der Waals surface area contributed by atoms with Crippen LogP contribution < -0.4 is 10.7 Å². The van der Waals surface area contributed by atoms with Crippen molar-refractivity contribution in [2.24, 2.45) is 0 Å². The van der Waals surface area contributed by atoms with Crippen LogP contribution in [0.25, 0.3) is 0 Å². The van der Waals surface area contributed by atoms with Gasteiger partial charge in [-0.05, 0) is 25.1 Å². The molecule has 0 atom stereocenters. The summed E-state index contributed by atoms with van der Waals surface area (Å²) in [4.78, 5) is 26.5. The molecule has 0 aliphatic heterocycles. The van der Waals surface area contributed by atoms with E-state index in [-0.39, 0.29) is 11.0 Å². The van der Waals surface area contributed by atoms with Gasteiger partial charge < -0.3 is 10.3 Å². The topological polar surface area (TPSA) is 62.0 Å². The van der Waals surface area contributed by atoms with Crippen molar-refractivity contribution in [1.82, 2.24) is 4.98 Å². The van der Waals surface area contributed by atoms with Crippen LogP contribution in [-0.4, -0.2) is 10.9 Å². The molecule has 94 valence electrons. The monoisotopic (exact) mass is 252 g/mol. The van der Waals surface area contributed by atoms with Gasteiger partial charge in [0, 0.05) is 29.2 Å². The zero-order valence-corrected chi connectivity index (χ0v) is 10.4. The third kappa shape index (κ3) is 2.90. The van der Waals surface area contributed by atoms with Crippen molar-refractivity contribution < 1.29 is 4.79 Å². The van der Waals surface area contributed by atoms with Gasteiger partial charge in [-0.25, -0.2) is 0 Å². The molecule has 0 saturated carbocycles. The molecule has 2 aromatic rings. The third-order valence-corrected chi connectivity index (χ3v) is 2.59. The predicted molar refractivity (Wildman–Crippen MR) is 74.1 cm³/mol. The van der Waals surface area contributed by atoms with Crippen molar-refractivity contribution >= 4 is 11.6 Å². The van der Waals surface area contributed by atoms with Crippen molar-refractivity contribution in [3.63, 3.8) is 0 Å². The summed E-state index contributed by atoms with van der Waals surface area (Å²) in [5.74, 6) is 2.02. The normalized spacial score (nSPS) is 9.68. The van der Waals surface area contributed by atoms with E-state index in [4.69, 9.17) is 6.42 Å². The maximum absolute atomic E-state index is 12.0. The lowest BCUT2D eigenvalue weighted by molar-refractivity contribution is 0.102. The Hall–Kier alpha value is -2.80. The highest BCUT2D eigenvalue weighted by molar-refractivity contribution is 6.04. The molecular weight excluding hydrogens is 240 g/mol. The SMILES string of the molecule is C#Cc1cccc(NC(=O)c2c[nH]c(C)cc2=O)c1. The lowest BCUT2D eigenvalue weighted by atomic mass is 10.2. The molecule has 1 amide bonds. The molecule has 0 aliphatic carbocycles. The zero-order chi connectivity index (χ0) is 13.8. The van der Waals surface area contributed by atoms with E-state index in [9.17, 15) is 9.59 Å². The van der Waals surface area contributed by atoms with Gasteiger partial charge in [0.2, 0.25) is 0 Å². The number of pyridine rings is 1. The van der Waals surface area contributed by atoms with Crippen molar-refractivity contribution in [2.75, 3.05) is 5.32 Å². The first-order valence-electron chi connectivity index (χ1n) is 5.67. The molecule has 4 nitrogen and oxygen atoms in total. The molecule has 19 heavy (non-hydrogen) atoms. The number of aromatic nitrogens is 1. The lowest BCUT2D eigenvalue weighted by Gasteiger charge is -2.05. The van der Waals surface area contributed by atoms with Crippen LogP contribution in [0, 0.1) is 19.3 Å². The molecule has 0 spiro atoms. The van der Waals surface area contributed by atoms with Gasteiger partial charge in [-0.2, -0.15) is 0 Å². The predicted octanol–water partition coefficient (Wildman–Crippen LogP) is 1.92. The fourth-order valence-corrected chi connectivity index (χ4v) is 1.64. The van der Waals surface area contributed by atoms with Gasteiger partial charge >= 0.3 is 0 Å². The Morgan fingerprint density at radius 3 is 2.84 bits per heavy atom. The number of terminal acetylenes is 1. The van der Waals surface area contributed by atoms with Crippen molar-refractivity contribution in [1.29, 1.82) is 0 Å². The second-order valence-electron chi connectivity index (χ2n) is 4.07. The van der Waals surface area contributed by atoms with E-state index in [1.54, 1.807) is 31.2 Å². The summed E-state index contributed by atoms with van der Waals surface area (Å²) in [7, 11) is 0. The summed E-state index contributed by atoms with van der Waals surface area (Å²) in [6, 6.07) is 8.26. The van der Waals surface area contributed by atoms with Crippen molar-refractivity contribution in [2.45, 2.75) is 6.92 Å². The minimum absolute atomic E-state index is 0.0664. The molecule has 0 bridgehead atoms. The summed E-state index contributed by atoms with van der Waals surface area (Å²) in [6.45, 7) is 1.75. The van der Waals surface area contributed by atoms with E-state index in [1.165, 1.54) is 12.3 Å². The third-order valence-electron chi connectivity index (χ3n) is 2.59. The first kappa shape index (κ1) is 12.7. The van der Waals surface area contributed by atoms with Crippen LogP contribution >= 0.6 is 0 Å². The molecule has 2 rings (SSSR count). The van der Waals surface area contributed by atoms with E-state index in [2.05, 4.69) is 16.2 Å². The number of aromatic amines is 1. The number of carbonyl (C=O) groups excluding carboxylic acids is 1. The van der Waals surface area contributed by atoms with Crippen LogP contribution in [0.2, 0.25) is 0 Å². The molecule has 0 aliphatic rings. The van der Waals surface area contributed by atoms with Crippen LogP contribution in [0.15, 0.2) is 41.3 Å². The number of hydrogen-bond donors (Lipinski definition) is 2. The summed E-state index contributed by atoms with van der Waals surface area (Å²) >= 11 is 0. The summed E-state index contributed by atoms with van der Waals surface area (Å²) in [5.41, 5.74) is 1.67. The van der Waals surface area contributed by atoms with E-state index >= 15 is 0 Å². The largest absolute Gasteiger partial charge is 0.364 e. The van der Waals surface area contributed by atoms with Crippen LogP contribution in [0.3, 0.4) is 0 Å². The second-order valence-corrected chi connectivity index (χ2v) is 4.07. The van der Waals surface area contributed by atoms with E-state index in [0.717, 1.165) is 0 Å². The average molecular weight is 252 g/mol. The number of carbonyl (C=O) groups is 1. The molecule has 4 heteroatoms. The Kier molecular flexibility index (Phi) is 3.48. The molecule has 0 fully saturated rings. The van der Waals surface area contributed by atoms with Crippen LogP contribution in [0.4, 0.5) is 5.69 Å². The summed E-state index contributed by atoms with van der Waals surface area (Å²) in [5, 5.41) is 2.64. The smallest absolute Gasteiger partial charge is 0.261 e. The Balaban J connectivity index is 2.26. The first-order chi connectivity index (χ1) is 9.10. The minimum Gasteiger partial charge on any atom is -0.364 e. The molecule has 0 saturated heterocycles. The minimum atomic E-state index is -0.463. The standard InChI is InChI=1S/C15H12N2O2/c1-3-11-5-4-6-12(8-11)17-15(19)13-9-16-10(2)7-14(13)18/h1,4-9H,2H3,(H,16,18)(H,17,19). The fourth-order valence-electron chi connectivity index (χ4n) is 1.64. The molecule has 1 heterocycles. The number of hydrogen-bond acceptors (Lipinski definition) is 2. The molecule has 0 radical (unpaired) electrons. The number of amides is 1. The van der Waals surface area contributed by atoms with Crippen LogP contribution in [-0.2, 0) is 0 Å². The maximum Gasteiger partial charge on any atom is 0.261 e. The zero-order valence-electron chi connectivity index (χ0n) is 10.4. The molecular formula is C15H12N2O2. The molecule has 1 aromatic heterocycles. The van der Waals surface area contributed by atoms with Gasteiger partial charge in [0.15, 0.2) is 5.43 Å². The highest BCUT2D eigenvalue weighted by Gasteiger charge is 2.10. The Morgan fingerprint density at radius 1 is 1.37 bits per heavy atom. The maximum atomic E-state index is 12.0. The van der Waals surface area contributed by atoms with Crippen LogP contribution in [0.1, 0.15) is 21.6 Å². The van der Waals surface area contributed by atoms with Crippen molar-refractivity contribution in [3.05, 3.63) is 63.6 Å².